The fourth-order valence-corrected chi connectivity index (χ4v) is 4.23. The fraction of sp³-hybridized carbons (Fsp3) is 0.579. The van der Waals surface area contributed by atoms with Gasteiger partial charge >= 0.3 is 0 Å². The summed E-state index contributed by atoms with van der Waals surface area (Å²) in [6.45, 7) is 10.5. The Morgan fingerprint density at radius 2 is 1.96 bits per heavy atom. The molecule has 25 heavy (non-hydrogen) atoms. The Hall–Kier alpha value is -1.95. The van der Waals surface area contributed by atoms with Crippen molar-refractivity contribution in [2.24, 2.45) is 0 Å². The van der Waals surface area contributed by atoms with Crippen molar-refractivity contribution in [1.29, 1.82) is 0 Å². The smallest absolute Gasteiger partial charge is 0.270 e. The molecule has 0 spiro atoms. The lowest BCUT2D eigenvalue weighted by Crippen LogP contribution is -2.62. The number of fused-ring (bicyclic) bond motifs is 1. The lowest BCUT2D eigenvalue weighted by molar-refractivity contribution is 0.0866. The Labute approximate surface area is 148 Å². The molecule has 1 fully saturated rings. The van der Waals surface area contributed by atoms with Crippen LogP contribution in [0.5, 0.6) is 0 Å². The summed E-state index contributed by atoms with van der Waals surface area (Å²) in [5, 5.41) is 6.77. The maximum Gasteiger partial charge on any atom is 0.270 e. The number of aryl methyl sites for hydroxylation is 1. The number of piperidine rings is 1. The van der Waals surface area contributed by atoms with Crippen molar-refractivity contribution in [2.75, 3.05) is 0 Å². The van der Waals surface area contributed by atoms with Crippen LogP contribution in [0.4, 0.5) is 4.39 Å². The molecule has 1 amide bonds. The van der Waals surface area contributed by atoms with Gasteiger partial charge in [0.05, 0.1) is 5.69 Å². The molecule has 5 nitrogen and oxygen atoms in total. The second kappa shape index (κ2) is 6.09. The van der Waals surface area contributed by atoms with Crippen LogP contribution in [0.2, 0.25) is 0 Å². The van der Waals surface area contributed by atoms with Gasteiger partial charge in [0.25, 0.3) is 5.91 Å². The fourth-order valence-electron chi connectivity index (χ4n) is 4.23. The maximum atomic E-state index is 13.7. The van der Waals surface area contributed by atoms with Crippen LogP contribution in [-0.2, 0) is 6.42 Å². The summed E-state index contributed by atoms with van der Waals surface area (Å²) in [6, 6.07) is 3.02. The van der Waals surface area contributed by atoms with Crippen molar-refractivity contribution in [2.45, 2.75) is 71.0 Å². The molecule has 0 unspecified atom stereocenters. The van der Waals surface area contributed by atoms with Gasteiger partial charge in [-0.1, -0.05) is 6.92 Å². The average molecular weight is 346 g/mol. The predicted octanol–water partition coefficient (Wildman–Crippen LogP) is 3.07. The number of rotatable bonds is 3. The number of aromatic nitrogens is 2. The molecule has 2 aromatic heterocycles. The zero-order valence-corrected chi connectivity index (χ0v) is 15.6. The van der Waals surface area contributed by atoms with Gasteiger partial charge in [0.15, 0.2) is 0 Å². The summed E-state index contributed by atoms with van der Waals surface area (Å²) < 4.78 is 15.2. The van der Waals surface area contributed by atoms with E-state index in [2.05, 4.69) is 43.3 Å². The number of hydrogen-bond donors (Lipinski definition) is 2. The van der Waals surface area contributed by atoms with Gasteiger partial charge in [-0.3, -0.25) is 9.20 Å². The first-order valence-corrected chi connectivity index (χ1v) is 8.87. The van der Waals surface area contributed by atoms with E-state index in [4.69, 9.17) is 0 Å². The first kappa shape index (κ1) is 17.9. The number of halogens is 1. The first-order chi connectivity index (χ1) is 11.6. The van der Waals surface area contributed by atoms with Crippen molar-refractivity contribution in [3.63, 3.8) is 0 Å². The first-order valence-electron chi connectivity index (χ1n) is 8.87. The van der Waals surface area contributed by atoms with Gasteiger partial charge in [-0.15, -0.1) is 0 Å². The minimum Gasteiger partial charge on any atom is -0.348 e. The molecule has 0 radical (unpaired) electrons. The monoisotopic (exact) mass is 346 g/mol. The van der Waals surface area contributed by atoms with Gasteiger partial charge in [-0.25, -0.2) is 9.37 Å². The normalized spacial score (nSPS) is 19.9. The van der Waals surface area contributed by atoms with Crippen molar-refractivity contribution in [3.8, 4) is 0 Å². The summed E-state index contributed by atoms with van der Waals surface area (Å²) in [4.78, 5) is 17.5. The molecule has 3 rings (SSSR count). The van der Waals surface area contributed by atoms with Crippen LogP contribution in [0, 0.1) is 5.82 Å². The Morgan fingerprint density at radius 3 is 2.56 bits per heavy atom. The third kappa shape index (κ3) is 3.68. The Morgan fingerprint density at radius 1 is 1.32 bits per heavy atom. The van der Waals surface area contributed by atoms with E-state index < -0.39 is 0 Å². The summed E-state index contributed by atoms with van der Waals surface area (Å²) in [5.41, 5.74) is 1.61. The van der Waals surface area contributed by atoms with Crippen LogP contribution < -0.4 is 10.6 Å². The quantitative estimate of drug-likeness (QED) is 0.898. The lowest BCUT2D eigenvalue weighted by atomic mass is 9.79. The van der Waals surface area contributed by atoms with Crippen molar-refractivity contribution in [3.05, 3.63) is 35.5 Å². The predicted molar refractivity (Wildman–Crippen MR) is 96.3 cm³/mol. The van der Waals surface area contributed by atoms with E-state index >= 15 is 0 Å². The van der Waals surface area contributed by atoms with E-state index in [0.29, 0.717) is 23.5 Å². The highest BCUT2D eigenvalue weighted by molar-refractivity contribution is 5.95. The van der Waals surface area contributed by atoms with E-state index in [-0.39, 0.29) is 28.8 Å². The molecule has 2 N–H and O–H groups in total. The third-order valence-electron chi connectivity index (χ3n) is 4.73. The van der Waals surface area contributed by atoms with Gasteiger partial charge in [0.1, 0.15) is 17.2 Å². The standard InChI is InChI=1S/C19H27FN4O/c1-6-14-16(24-11-12(20)7-8-15(24)22-14)17(25)21-13-9-18(2,3)23-19(4,5)10-13/h7-8,11,13,23H,6,9-10H2,1-5H3,(H,21,25). The molecular formula is C19H27FN4O. The summed E-state index contributed by atoms with van der Waals surface area (Å²) in [6.07, 6.45) is 3.63. The zero-order chi connectivity index (χ0) is 18.4. The molecule has 136 valence electrons. The molecule has 0 atom stereocenters. The molecule has 1 saturated heterocycles. The third-order valence-corrected chi connectivity index (χ3v) is 4.73. The highest BCUT2D eigenvalue weighted by atomic mass is 19.1. The van der Waals surface area contributed by atoms with Crippen LogP contribution >= 0.6 is 0 Å². The minimum absolute atomic E-state index is 0.0567. The second-order valence-electron chi connectivity index (χ2n) is 8.31. The summed E-state index contributed by atoms with van der Waals surface area (Å²) >= 11 is 0. The Kier molecular flexibility index (Phi) is 4.35. The molecule has 1 aliphatic heterocycles. The van der Waals surface area contributed by atoms with Gasteiger partial charge < -0.3 is 10.6 Å². The van der Waals surface area contributed by atoms with Crippen LogP contribution in [-0.4, -0.2) is 32.4 Å². The maximum absolute atomic E-state index is 13.7. The van der Waals surface area contributed by atoms with Gasteiger partial charge in [-0.2, -0.15) is 0 Å². The van der Waals surface area contributed by atoms with Crippen LogP contribution in [0.15, 0.2) is 18.3 Å². The van der Waals surface area contributed by atoms with Crippen LogP contribution in [0.1, 0.15) is 63.6 Å². The number of amides is 1. The van der Waals surface area contributed by atoms with Crippen LogP contribution in [0.25, 0.3) is 5.65 Å². The van der Waals surface area contributed by atoms with Gasteiger partial charge in [-0.05, 0) is 59.1 Å². The molecule has 0 bridgehead atoms. The molecule has 0 aromatic carbocycles. The van der Waals surface area contributed by atoms with E-state index in [9.17, 15) is 9.18 Å². The molecule has 0 saturated carbocycles. The average Bonchev–Trinajstić information content (AvgIpc) is 2.81. The molecule has 2 aromatic rings. The second-order valence-corrected chi connectivity index (χ2v) is 8.31. The molecule has 6 heteroatoms. The van der Waals surface area contributed by atoms with E-state index in [1.807, 2.05) is 6.92 Å². The van der Waals surface area contributed by atoms with E-state index in [1.165, 1.54) is 12.3 Å². The SMILES string of the molecule is CCc1nc2ccc(F)cn2c1C(=O)NC1CC(C)(C)NC(C)(C)C1. The number of nitrogens with one attached hydrogen (secondary N) is 2. The van der Waals surface area contributed by atoms with Crippen molar-refractivity contribution < 1.29 is 9.18 Å². The Bertz CT molecular complexity index is 793. The van der Waals surface area contributed by atoms with Crippen molar-refractivity contribution in [1.82, 2.24) is 20.0 Å². The number of hydrogen-bond acceptors (Lipinski definition) is 3. The minimum atomic E-state index is -0.384. The van der Waals surface area contributed by atoms with Gasteiger partial charge in [0, 0.05) is 23.3 Å². The number of carbonyl (C=O) groups excluding carboxylic acids is 1. The van der Waals surface area contributed by atoms with Gasteiger partial charge in [0.2, 0.25) is 0 Å². The van der Waals surface area contributed by atoms with E-state index in [0.717, 1.165) is 12.8 Å². The highest BCUT2D eigenvalue weighted by Gasteiger charge is 2.38. The lowest BCUT2D eigenvalue weighted by Gasteiger charge is -2.46. The topological polar surface area (TPSA) is 58.4 Å². The molecule has 3 heterocycles. The van der Waals surface area contributed by atoms with Crippen molar-refractivity contribution >= 4 is 11.6 Å². The number of pyridine rings is 1. The number of imidazole rings is 1. The molecular weight excluding hydrogens is 319 g/mol. The number of carbonyl (C=O) groups is 1. The van der Waals surface area contributed by atoms with Crippen LogP contribution in [0.3, 0.4) is 0 Å². The summed E-state index contributed by atoms with van der Waals surface area (Å²) in [5.74, 6) is -0.570. The zero-order valence-electron chi connectivity index (χ0n) is 15.6. The molecule has 1 aliphatic rings. The Balaban J connectivity index is 1.91. The number of nitrogens with zero attached hydrogens (tertiary/aromatic N) is 2. The highest BCUT2D eigenvalue weighted by Crippen LogP contribution is 2.29. The molecule has 0 aliphatic carbocycles. The van der Waals surface area contributed by atoms with E-state index in [1.54, 1.807) is 10.5 Å². The largest absolute Gasteiger partial charge is 0.348 e. The summed E-state index contributed by atoms with van der Waals surface area (Å²) in [7, 11) is 0.